The molecule has 18 heavy (non-hydrogen) atoms. The smallest absolute Gasteiger partial charge is 0.332 e. The fourth-order valence-corrected chi connectivity index (χ4v) is 2.10. The Hall–Kier alpha value is -1.92. The molecular formula is C11H17N5O2. The van der Waals surface area contributed by atoms with Crippen LogP contribution in [0, 0.1) is 17.0 Å². The van der Waals surface area contributed by atoms with Gasteiger partial charge in [-0.2, -0.15) is 4.98 Å². The second-order valence-corrected chi connectivity index (χ2v) is 4.88. The van der Waals surface area contributed by atoms with Crippen LogP contribution in [0.5, 0.6) is 0 Å². The quantitative estimate of drug-likeness (QED) is 0.628. The molecule has 0 atom stereocenters. The molecule has 0 amide bonds. The van der Waals surface area contributed by atoms with Gasteiger partial charge in [-0.05, 0) is 33.1 Å². The molecule has 1 aliphatic rings. The minimum absolute atomic E-state index is 0.0397. The van der Waals surface area contributed by atoms with Crippen LogP contribution in [0.25, 0.3) is 0 Å². The summed E-state index contributed by atoms with van der Waals surface area (Å²) in [6.45, 7) is 3.67. The highest BCUT2D eigenvalue weighted by Gasteiger charge is 2.35. The van der Waals surface area contributed by atoms with Gasteiger partial charge in [-0.1, -0.05) is 0 Å². The van der Waals surface area contributed by atoms with E-state index < -0.39 is 4.92 Å². The van der Waals surface area contributed by atoms with Gasteiger partial charge in [0.15, 0.2) is 0 Å². The number of anilines is 2. The number of aromatic nitrogens is 2. The summed E-state index contributed by atoms with van der Waals surface area (Å²) in [4.78, 5) is 18.9. The molecule has 0 aliphatic heterocycles. The molecule has 2 rings (SSSR count). The summed E-state index contributed by atoms with van der Waals surface area (Å²) in [7, 11) is 1.69. The van der Waals surface area contributed by atoms with Crippen molar-refractivity contribution in [3.8, 4) is 0 Å². The predicted octanol–water partition coefficient (Wildman–Crippen LogP) is 2.09. The maximum absolute atomic E-state index is 11.1. The van der Waals surface area contributed by atoms with Crippen molar-refractivity contribution >= 4 is 17.5 Å². The summed E-state index contributed by atoms with van der Waals surface area (Å²) in [5, 5.41) is 17.1. The molecular weight excluding hydrogens is 234 g/mol. The van der Waals surface area contributed by atoms with Gasteiger partial charge in [-0.3, -0.25) is 10.1 Å². The SMILES string of the molecule is CNc1nc(C)c([N+](=O)[O-])c(NC2(C)CCC2)n1. The van der Waals surface area contributed by atoms with E-state index in [9.17, 15) is 10.1 Å². The molecule has 0 bridgehead atoms. The Bertz CT molecular complexity index is 485. The van der Waals surface area contributed by atoms with E-state index in [1.807, 2.05) is 0 Å². The standard InChI is InChI=1S/C11H17N5O2/c1-7-8(16(17)18)9(14-10(12-3)13-7)15-11(2)5-4-6-11/h4-6H2,1-3H3,(H2,12,13,14,15). The normalized spacial score (nSPS) is 16.8. The second-order valence-electron chi connectivity index (χ2n) is 4.88. The maximum atomic E-state index is 11.1. The molecule has 1 heterocycles. The zero-order valence-corrected chi connectivity index (χ0v) is 10.8. The molecule has 1 fully saturated rings. The van der Waals surface area contributed by atoms with Gasteiger partial charge in [0.1, 0.15) is 5.69 Å². The van der Waals surface area contributed by atoms with E-state index in [0.29, 0.717) is 17.5 Å². The third-order valence-electron chi connectivity index (χ3n) is 3.34. The fourth-order valence-electron chi connectivity index (χ4n) is 2.10. The number of nitrogens with one attached hydrogen (secondary N) is 2. The minimum Gasteiger partial charge on any atom is -0.359 e. The molecule has 1 aromatic rings. The number of hydrogen-bond acceptors (Lipinski definition) is 6. The zero-order chi connectivity index (χ0) is 13.3. The monoisotopic (exact) mass is 251 g/mol. The summed E-state index contributed by atoms with van der Waals surface area (Å²) >= 11 is 0. The minimum atomic E-state index is -0.431. The molecule has 7 nitrogen and oxygen atoms in total. The fraction of sp³-hybridized carbons (Fsp3) is 0.636. The molecule has 0 radical (unpaired) electrons. The summed E-state index contributed by atoms with van der Waals surface area (Å²) in [6, 6.07) is 0. The Labute approximate surface area is 105 Å². The van der Waals surface area contributed by atoms with Crippen LogP contribution in [-0.4, -0.2) is 27.5 Å². The van der Waals surface area contributed by atoms with Gasteiger partial charge in [-0.25, -0.2) is 4.98 Å². The molecule has 1 saturated carbocycles. The summed E-state index contributed by atoms with van der Waals surface area (Å²) in [5.74, 6) is 0.697. The van der Waals surface area contributed by atoms with Crippen molar-refractivity contribution < 1.29 is 4.92 Å². The Morgan fingerprint density at radius 3 is 2.50 bits per heavy atom. The van der Waals surface area contributed by atoms with Crippen LogP contribution in [0.1, 0.15) is 31.9 Å². The van der Waals surface area contributed by atoms with Gasteiger partial charge >= 0.3 is 5.69 Å². The van der Waals surface area contributed by atoms with E-state index >= 15 is 0 Å². The third kappa shape index (κ3) is 2.20. The molecule has 1 aromatic heterocycles. The predicted molar refractivity (Wildman–Crippen MR) is 68.8 cm³/mol. The number of aryl methyl sites for hydroxylation is 1. The molecule has 2 N–H and O–H groups in total. The Morgan fingerprint density at radius 1 is 1.39 bits per heavy atom. The first-order valence-corrected chi connectivity index (χ1v) is 5.94. The maximum Gasteiger partial charge on any atom is 0.332 e. The highest BCUT2D eigenvalue weighted by molar-refractivity contribution is 5.62. The lowest BCUT2D eigenvalue weighted by atomic mass is 9.78. The lowest BCUT2D eigenvalue weighted by molar-refractivity contribution is -0.385. The number of nitro groups is 1. The first-order valence-electron chi connectivity index (χ1n) is 5.94. The van der Waals surface area contributed by atoms with Crippen molar-refractivity contribution in [2.75, 3.05) is 17.7 Å². The van der Waals surface area contributed by atoms with Gasteiger partial charge in [0.25, 0.3) is 0 Å². The highest BCUT2D eigenvalue weighted by Crippen LogP contribution is 2.37. The van der Waals surface area contributed by atoms with E-state index in [2.05, 4.69) is 27.5 Å². The second kappa shape index (κ2) is 4.40. The lowest BCUT2D eigenvalue weighted by Crippen LogP contribution is -2.42. The van der Waals surface area contributed by atoms with Crippen molar-refractivity contribution in [3.05, 3.63) is 15.8 Å². The van der Waals surface area contributed by atoms with Crippen LogP contribution in [0.15, 0.2) is 0 Å². The van der Waals surface area contributed by atoms with Gasteiger partial charge in [0.2, 0.25) is 11.8 Å². The summed E-state index contributed by atoms with van der Waals surface area (Å²) in [6.07, 6.45) is 3.14. The topological polar surface area (TPSA) is 93.0 Å². The average molecular weight is 251 g/mol. The zero-order valence-electron chi connectivity index (χ0n) is 10.8. The van der Waals surface area contributed by atoms with Crippen molar-refractivity contribution in [1.82, 2.24) is 9.97 Å². The number of hydrogen-bond donors (Lipinski definition) is 2. The molecule has 0 aromatic carbocycles. The van der Waals surface area contributed by atoms with E-state index in [-0.39, 0.29) is 11.2 Å². The van der Waals surface area contributed by atoms with Crippen molar-refractivity contribution in [2.45, 2.75) is 38.6 Å². The molecule has 0 unspecified atom stereocenters. The van der Waals surface area contributed by atoms with E-state index in [0.717, 1.165) is 19.3 Å². The summed E-state index contributed by atoms with van der Waals surface area (Å²) < 4.78 is 0. The molecule has 98 valence electrons. The van der Waals surface area contributed by atoms with Crippen LogP contribution in [-0.2, 0) is 0 Å². The van der Waals surface area contributed by atoms with Gasteiger partial charge < -0.3 is 10.6 Å². The Kier molecular flexibility index (Phi) is 3.06. The average Bonchev–Trinajstić information content (AvgIpc) is 2.25. The van der Waals surface area contributed by atoms with Gasteiger partial charge in [0.05, 0.1) is 4.92 Å². The van der Waals surface area contributed by atoms with Gasteiger partial charge in [-0.15, -0.1) is 0 Å². The van der Waals surface area contributed by atoms with Crippen LogP contribution < -0.4 is 10.6 Å². The third-order valence-corrected chi connectivity index (χ3v) is 3.34. The number of rotatable bonds is 4. The summed E-state index contributed by atoms with van der Waals surface area (Å²) in [5.41, 5.74) is 0.239. The largest absolute Gasteiger partial charge is 0.359 e. The lowest BCUT2D eigenvalue weighted by Gasteiger charge is -2.39. The van der Waals surface area contributed by atoms with Crippen LogP contribution in [0.4, 0.5) is 17.5 Å². The van der Waals surface area contributed by atoms with E-state index in [1.54, 1.807) is 14.0 Å². The van der Waals surface area contributed by atoms with Crippen molar-refractivity contribution in [3.63, 3.8) is 0 Å². The van der Waals surface area contributed by atoms with Crippen LogP contribution in [0.2, 0.25) is 0 Å². The molecule has 0 saturated heterocycles. The van der Waals surface area contributed by atoms with Crippen LogP contribution in [0.3, 0.4) is 0 Å². The number of nitrogens with zero attached hydrogens (tertiary/aromatic N) is 3. The van der Waals surface area contributed by atoms with Crippen LogP contribution >= 0.6 is 0 Å². The molecule has 1 aliphatic carbocycles. The highest BCUT2D eigenvalue weighted by atomic mass is 16.6. The molecule has 7 heteroatoms. The Balaban J connectivity index is 2.41. The Morgan fingerprint density at radius 2 is 2.06 bits per heavy atom. The van der Waals surface area contributed by atoms with E-state index in [1.165, 1.54) is 0 Å². The first kappa shape index (κ1) is 12.5. The van der Waals surface area contributed by atoms with E-state index in [4.69, 9.17) is 0 Å². The van der Waals surface area contributed by atoms with Gasteiger partial charge in [0, 0.05) is 12.6 Å². The first-order chi connectivity index (χ1) is 8.45. The van der Waals surface area contributed by atoms with Crippen molar-refractivity contribution in [2.24, 2.45) is 0 Å². The van der Waals surface area contributed by atoms with Crippen molar-refractivity contribution in [1.29, 1.82) is 0 Å². The molecule has 0 spiro atoms.